The number of fused-ring (bicyclic) bond motifs is 1. The minimum absolute atomic E-state index is 0.0771. The third-order valence-corrected chi connectivity index (χ3v) is 5.94. The van der Waals surface area contributed by atoms with Crippen LogP contribution in [-0.4, -0.2) is 40.3 Å². The molecule has 1 amide bonds. The van der Waals surface area contributed by atoms with Crippen LogP contribution in [0.5, 0.6) is 0 Å². The first kappa shape index (κ1) is 18.0. The lowest BCUT2D eigenvalue weighted by Crippen LogP contribution is -2.33. The van der Waals surface area contributed by atoms with Crippen LogP contribution < -0.4 is 5.73 Å². The average Bonchev–Trinajstić information content (AvgIpc) is 3.21. The molecule has 0 spiro atoms. The number of rotatable bonds is 4. The van der Waals surface area contributed by atoms with Gasteiger partial charge in [-0.3, -0.25) is 9.59 Å². The van der Waals surface area contributed by atoms with Crippen LogP contribution in [0.25, 0.3) is 0 Å². The van der Waals surface area contributed by atoms with Gasteiger partial charge in [-0.1, -0.05) is 30.3 Å². The Morgan fingerprint density at radius 2 is 2.00 bits per heavy atom. The van der Waals surface area contributed by atoms with Gasteiger partial charge in [0.05, 0.1) is 6.42 Å². The Morgan fingerprint density at radius 3 is 2.70 bits per heavy atom. The summed E-state index contributed by atoms with van der Waals surface area (Å²) in [5.41, 5.74) is 11.1. The monoisotopic (exact) mass is 365 g/mol. The fourth-order valence-electron chi connectivity index (χ4n) is 4.46. The minimum atomic E-state index is 0.0771. The number of benzene rings is 1. The molecule has 1 aromatic carbocycles. The molecule has 1 saturated heterocycles. The second-order valence-electron chi connectivity index (χ2n) is 7.80. The van der Waals surface area contributed by atoms with E-state index < -0.39 is 0 Å². The highest BCUT2D eigenvalue weighted by Gasteiger charge is 2.31. The van der Waals surface area contributed by atoms with Crippen molar-refractivity contribution in [2.24, 2.45) is 5.73 Å². The van der Waals surface area contributed by atoms with Crippen LogP contribution in [0.4, 0.5) is 0 Å². The van der Waals surface area contributed by atoms with Crippen molar-refractivity contribution in [3.05, 3.63) is 58.4 Å². The van der Waals surface area contributed by atoms with Crippen LogP contribution >= 0.6 is 0 Å². The Bertz CT molecular complexity index is 869. The number of nitrogens with zero attached hydrogens (tertiary/aromatic N) is 2. The molecule has 5 nitrogen and oxygen atoms in total. The summed E-state index contributed by atoms with van der Waals surface area (Å²) < 4.78 is 2.25. The molecule has 1 aliphatic heterocycles. The van der Waals surface area contributed by atoms with Gasteiger partial charge in [-0.05, 0) is 37.3 Å². The molecule has 27 heavy (non-hydrogen) atoms. The Hall–Kier alpha value is -2.40. The second kappa shape index (κ2) is 7.31. The molecular weight excluding hydrogens is 338 g/mol. The Labute approximate surface area is 160 Å². The summed E-state index contributed by atoms with van der Waals surface area (Å²) in [5, 5.41) is 0. The van der Waals surface area contributed by atoms with E-state index in [4.69, 9.17) is 5.73 Å². The highest BCUT2D eigenvalue weighted by molar-refractivity contribution is 6.01. The predicted octanol–water partition coefficient (Wildman–Crippen LogP) is 2.47. The van der Waals surface area contributed by atoms with E-state index in [9.17, 15) is 9.59 Å². The van der Waals surface area contributed by atoms with Crippen molar-refractivity contribution in [3.63, 3.8) is 0 Å². The molecule has 5 heteroatoms. The normalized spacial score (nSPS) is 19.4. The van der Waals surface area contributed by atoms with Crippen molar-refractivity contribution in [3.8, 4) is 0 Å². The predicted molar refractivity (Wildman–Crippen MR) is 105 cm³/mol. The van der Waals surface area contributed by atoms with E-state index in [1.807, 2.05) is 30.0 Å². The molecule has 0 saturated carbocycles. The molecule has 4 rings (SSSR count). The summed E-state index contributed by atoms with van der Waals surface area (Å²) in [6.45, 7) is 4.14. The van der Waals surface area contributed by atoms with Crippen molar-refractivity contribution in [1.82, 2.24) is 9.47 Å². The first-order valence-electron chi connectivity index (χ1n) is 9.86. The third-order valence-electron chi connectivity index (χ3n) is 5.94. The SMILES string of the molecule is Cc1c(CC(=O)N2CC[C@H](N)C2)c2c(n1Cc1ccccc1)CCCC2=O. The van der Waals surface area contributed by atoms with Crippen LogP contribution in [0.1, 0.15) is 52.1 Å². The first-order chi connectivity index (χ1) is 13.0. The van der Waals surface area contributed by atoms with Crippen molar-refractivity contribution >= 4 is 11.7 Å². The highest BCUT2D eigenvalue weighted by atomic mass is 16.2. The van der Waals surface area contributed by atoms with E-state index in [0.717, 1.165) is 54.9 Å². The second-order valence-corrected chi connectivity index (χ2v) is 7.80. The number of hydrogen-bond donors (Lipinski definition) is 1. The van der Waals surface area contributed by atoms with Gasteiger partial charge in [-0.2, -0.15) is 0 Å². The van der Waals surface area contributed by atoms with Gasteiger partial charge in [0, 0.05) is 49.0 Å². The summed E-state index contributed by atoms with van der Waals surface area (Å²) in [6, 6.07) is 10.4. The maximum atomic E-state index is 12.8. The van der Waals surface area contributed by atoms with E-state index in [1.54, 1.807) is 0 Å². The van der Waals surface area contributed by atoms with Gasteiger partial charge in [0.15, 0.2) is 5.78 Å². The maximum absolute atomic E-state index is 12.8. The molecule has 1 fully saturated rings. The van der Waals surface area contributed by atoms with E-state index >= 15 is 0 Å². The van der Waals surface area contributed by atoms with Gasteiger partial charge in [-0.15, -0.1) is 0 Å². The number of amides is 1. The van der Waals surface area contributed by atoms with Gasteiger partial charge in [0.1, 0.15) is 0 Å². The van der Waals surface area contributed by atoms with Crippen LogP contribution in [0.3, 0.4) is 0 Å². The zero-order valence-corrected chi connectivity index (χ0v) is 15.9. The van der Waals surface area contributed by atoms with E-state index in [-0.39, 0.29) is 17.7 Å². The summed E-state index contributed by atoms with van der Waals surface area (Å²) >= 11 is 0. The zero-order chi connectivity index (χ0) is 19.0. The van der Waals surface area contributed by atoms with E-state index in [2.05, 4.69) is 16.7 Å². The van der Waals surface area contributed by atoms with E-state index in [0.29, 0.717) is 19.4 Å². The van der Waals surface area contributed by atoms with E-state index in [1.165, 1.54) is 5.56 Å². The summed E-state index contributed by atoms with van der Waals surface area (Å²) in [7, 11) is 0. The number of carbonyl (C=O) groups is 2. The number of carbonyl (C=O) groups excluding carboxylic acids is 2. The average molecular weight is 365 g/mol. The number of likely N-dealkylation sites (tertiary alicyclic amines) is 1. The smallest absolute Gasteiger partial charge is 0.227 e. The van der Waals surface area contributed by atoms with Gasteiger partial charge in [-0.25, -0.2) is 0 Å². The quantitative estimate of drug-likeness (QED) is 0.905. The van der Waals surface area contributed by atoms with Crippen LogP contribution in [0.2, 0.25) is 0 Å². The topological polar surface area (TPSA) is 68.3 Å². The Kier molecular flexibility index (Phi) is 4.87. The number of aromatic nitrogens is 1. The lowest BCUT2D eigenvalue weighted by Gasteiger charge is -2.17. The van der Waals surface area contributed by atoms with Crippen LogP contribution in [0.15, 0.2) is 30.3 Å². The lowest BCUT2D eigenvalue weighted by atomic mass is 9.92. The van der Waals surface area contributed by atoms with Crippen molar-refractivity contribution in [1.29, 1.82) is 0 Å². The first-order valence-corrected chi connectivity index (χ1v) is 9.86. The molecule has 1 aliphatic carbocycles. The lowest BCUT2D eigenvalue weighted by molar-refractivity contribution is -0.129. The van der Waals surface area contributed by atoms with Crippen molar-refractivity contribution in [2.45, 2.75) is 51.6 Å². The molecule has 2 heterocycles. The summed E-state index contributed by atoms with van der Waals surface area (Å²) in [6.07, 6.45) is 3.53. The Balaban J connectivity index is 1.68. The number of ketones is 1. The molecule has 2 aromatic rings. The molecule has 1 aromatic heterocycles. The van der Waals surface area contributed by atoms with Crippen molar-refractivity contribution < 1.29 is 9.59 Å². The highest BCUT2D eigenvalue weighted by Crippen LogP contribution is 2.31. The summed E-state index contributed by atoms with van der Waals surface area (Å²) in [5.74, 6) is 0.274. The number of nitrogens with two attached hydrogens (primary N) is 1. The fourth-order valence-corrected chi connectivity index (χ4v) is 4.46. The maximum Gasteiger partial charge on any atom is 0.227 e. The Morgan fingerprint density at radius 1 is 1.22 bits per heavy atom. The molecule has 0 radical (unpaired) electrons. The molecule has 2 N–H and O–H groups in total. The van der Waals surface area contributed by atoms with Crippen molar-refractivity contribution in [2.75, 3.05) is 13.1 Å². The fraction of sp³-hybridized carbons (Fsp3) is 0.455. The van der Waals surface area contributed by atoms with Gasteiger partial charge in [0.25, 0.3) is 0 Å². The third kappa shape index (κ3) is 3.44. The van der Waals surface area contributed by atoms with Crippen LogP contribution in [-0.2, 0) is 24.2 Å². The summed E-state index contributed by atoms with van der Waals surface area (Å²) in [4.78, 5) is 27.4. The van der Waals surface area contributed by atoms with Gasteiger partial charge < -0.3 is 15.2 Å². The zero-order valence-electron chi connectivity index (χ0n) is 15.9. The van der Waals surface area contributed by atoms with Gasteiger partial charge >= 0.3 is 0 Å². The molecule has 0 unspecified atom stereocenters. The molecule has 0 bridgehead atoms. The standard InChI is InChI=1S/C22H27N3O2/c1-15-18(12-21(27)24-11-10-17(23)14-24)22-19(8-5-9-20(22)26)25(15)13-16-6-3-2-4-7-16/h2-4,6-7,17H,5,8-14,23H2,1H3/t17-/m0/s1. The van der Waals surface area contributed by atoms with Gasteiger partial charge in [0.2, 0.25) is 5.91 Å². The molecule has 142 valence electrons. The number of Topliss-reactive ketones (excluding diaryl/α,β-unsaturated/α-hetero) is 1. The molecule has 1 atom stereocenters. The van der Waals surface area contributed by atoms with Crippen LogP contribution in [0, 0.1) is 6.92 Å². The minimum Gasteiger partial charge on any atom is -0.343 e. The largest absolute Gasteiger partial charge is 0.343 e. The molecular formula is C22H27N3O2. The number of hydrogen-bond acceptors (Lipinski definition) is 3. The molecule has 2 aliphatic rings.